The second-order valence-corrected chi connectivity index (χ2v) is 6.59. The molecule has 0 bridgehead atoms. The highest BCUT2D eigenvalue weighted by Crippen LogP contribution is 2.29. The van der Waals surface area contributed by atoms with Crippen LogP contribution in [-0.4, -0.2) is 45.8 Å². The molecule has 1 aliphatic carbocycles. The van der Waals surface area contributed by atoms with Crippen molar-refractivity contribution < 1.29 is 4.79 Å². The Morgan fingerprint density at radius 1 is 1.23 bits per heavy atom. The fourth-order valence-corrected chi connectivity index (χ4v) is 3.29. The molecule has 5 heteroatoms. The van der Waals surface area contributed by atoms with Crippen molar-refractivity contribution in [1.82, 2.24) is 20.0 Å². The van der Waals surface area contributed by atoms with E-state index in [0.717, 1.165) is 48.9 Å². The van der Waals surface area contributed by atoms with Gasteiger partial charge in [0.05, 0.1) is 5.69 Å². The summed E-state index contributed by atoms with van der Waals surface area (Å²) in [5, 5.41) is 7.50. The molecular weight excluding hydrogens is 276 g/mol. The van der Waals surface area contributed by atoms with Crippen molar-refractivity contribution in [2.75, 3.05) is 13.1 Å². The van der Waals surface area contributed by atoms with Gasteiger partial charge in [0, 0.05) is 49.6 Å². The molecule has 1 aromatic rings. The normalized spacial score (nSPS) is 20.7. The molecular formula is C17H26N4O. The molecule has 1 aliphatic heterocycles. The Hall–Kier alpha value is -1.62. The van der Waals surface area contributed by atoms with Crippen molar-refractivity contribution in [2.24, 2.45) is 7.05 Å². The molecule has 2 aliphatic rings. The number of hydrogen-bond acceptors (Lipinski definition) is 3. The molecule has 2 fully saturated rings. The van der Waals surface area contributed by atoms with Gasteiger partial charge in [-0.25, -0.2) is 0 Å². The van der Waals surface area contributed by atoms with Crippen LogP contribution < -0.4 is 5.32 Å². The Balaban J connectivity index is 1.51. The number of carbonyl (C=O) groups excluding carboxylic acids is 1. The van der Waals surface area contributed by atoms with Crippen LogP contribution in [0.4, 0.5) is 0 Å². The first-order valence-corrected chi connectivity index (χ1v) is 8.27. The minimum Gasteiger partial charge on any atom is -0.350 e. The Kier molecular flexibility index (Phi) is 4.34. The van der Waals surface area contributed by atoms with E-state index in [9.17, 15) is 4.79 Å². The molecule has 2 heterocycles. The van der Waals surface area contributed by atoms with Crippen LogP contribution in [0.1, 0.15) is 42.6 Å². The molecule has 0 unspecified atom stereocenters. The van der Waals surface area contributed by atoms with Gasteiger partial charge in [0.15, 0.2) is 0 Å². The molecule has 0 radical (unpaired) electrons. The van der Waals surface area contributed by atoms with Gasteiger partial charge in [0.2, 0.25) is 5.91 Å². The molecule has 0 aromatic carbocycles. The number of likely N-dealkylation sites (tertiary alicyclic amines) is 1. The molecule has 22 heavy (non-hydrogen) atoms. The quantitative estimate of drug-likeness (QED) is 0.863. The van der Waals surface area contributed by atoms with E-state index in [1.54, 1.807) is 6.08 Å². The first-order chi connectivity index (χ1) is 10.5. The highest BCUT2D eigenvalue weighted by atomic mass is 16.1. The van der Waals surface area contributed by atoms with Crippen LogP contribution in [0, 0.1) is 13.8 Å². The summed E-state index contributed by atoms with van der Waals surface area (Å²) in [6.07, 6.45) is 8.39. The van der Waals surface area contributed by atoms with E-state index in [-0.39, 0.29) is 5.91 Å². The van der Waals surface area contributed by atoms with E-state index >= 15 is 0 Å². The highest BCUT2D eigenvalue weighted by Gasteiger charge is 2.31. The molecule has 1 saturated heterocycles. The van der Waals surface area contributed by atoms with Gasteiger partial charge in [-0.2, -0.15) is 5.10 Å². The van der Waals surface area contributed by atoms with E-state index in [1.807, 2.05) is 31.7 Å². The zero-order valence-corrected chi connectivity index (χ0v) is 13.8. The molecule has 1 saturated carbocycles. The summed E-state index contributed by atoms with van der Waals surface area (Å²) in [7, 11) is 1.92. The second kappa shape index (κ2) is 6.24. The van der Waals surface area contributed by atoms with E-state index in [2.05, 4.69) is 15.3 Å². The number of aromatic nitrogens is 2. The highest BCUT2D eigenvalue weighted by molar-refractivity contribution is 5.92. The van der Waals surface area contributed by atoms with Crippen molar-refractivity contribution in [3.63, 3.8) is 0 Å². The Morgan fingerprint density at radius 3 is 2.45 bits per heavy atom. The summed E-state index contributed by atoms with van der Waals surface area (Å²) in [5.41, 5.74) is 3.09. The van der Waals surface area contributed by atoms with Crippen molar-refractivity contribution >= 4 is 12.0 Å². The molecule has 120 valence electrons. The smallest absolute Gasteiger partial charge is 0.244 e. The lowest BCUT2D eigenvalue weighted by atomic mass is 10.0. The fourth-order valence-electron chi connectivity index (χ4n) is 3.29. The number of nitrogens with zero attached hydrogens (tertiary/aromatic N) is 3. The zero-order valence-electron chi connectivity index (χ0n) is 13.8. The van der Waals surface area contributed by atoms with Gasteiger partial charge in [-0.05, 0) is 45.6 Å². The van der Waals surface area contributed by atoms with Crippen LogP contribution in [0.2, 0.25) is 0 Å². The van der Waals surface area contributed by atoms with Crippen LogP contribution in [-0.2, 0) is 11.8 Å². The number of piperidine rings is 1. The van der Waals surface area contributed by atoms with Gasteiger partial charge in [-0.1, -0.05) is 0 Å². The lowest BCUT2D eigenvalue weighted by Gasteiger charge is -2.32. The SMILES string of the molecule is Cc1nn(C)c(C)c1/C=C/C(=O)NC1CCN(C2CC2)CC1. The van der Waals surface area contributed by atoms with Crippen molar-refractivity contribution in [1.29, 1.82) is 0 Å². The van der Waals surface area contributed by atoms with Gasteiger partial charge >= 0.3 is 0 Å². The number of carbonyl (C=O) groups is 1. The fraction of sp³-hybridized carbons (Fsp3) is 0.647. The summed E-state index contributed by atoms with van der Waals surface area (Å²) in [6, 6.07) is 1.16. The molecule has 0 spiro atoms. The maximum absolute atomic E-state index is 12.1. The summed E-state index contributed by atoms with van der Waals surface area (Å²) >= 11 is 0. The van der Waals surface area contributed by atoms with Crippen LogP contribution >= 0.6 is 0 Å². The molecule has 1 N–H and O–H groups in total. The predicted molar refractivity (Wildman–Crippen MR) is 87.5 cm³/mol. The number of amides is 1. The Bertz CT molecular complexity index is 578. The van der Waals surface area contributed by atoms with Crippen molar-refractivity contribution in [3.05, 3.63) is 23.0 Å². The summed E-state index contributed by atoms with van der Waals surface area (Å²) in [6.45, 7) is 6.24. The molecule has 5 nitrogen and oxygen atoms in total. The topological polar surface area (TPSA) is 50.2 Å². The van der Waals surface area contributed by atoms with Gasteiger partial charge in [0.25, 0.3) is 0 Å². The average molecular weight is 302 g/mol. The predicted octanol–water partition coefficient (Wildman–Crippen LogP) is 1.79. The first-order valence-electron chi connectivity index (χ1n) is 8.27. The largest absolute Gasteiger partial charge is 0.350 e. The van der Waals surface area contributed by atoms with Gasteiger partial charge < -0.3 is 10.2 Å². The Labute approximate surface area is 132 Å². The van der Waals surface area contributed by atoms with Gasteiger partial charge in [-0.15, -0.1) is 0 Å². The lowest BCUT2D eigenvalue weighted by Crippen LogP contribution is -2.44. The summed E-state index contributed by atoms with van der Waals surface area (Å²) < 4.78 is 1.85. The number of nitrogens with one attached hydrogen (secondary N) is 1. The summed E-state index contributed by atoms with van der Waals surface area (Å²) in [5.74, 6) is 0.00697. The number of rotatable bonds is 4. The minimum atomic E-state index is 0.00697. The van der Waals surface area contributed by atoms with Crippen LogP contribution in [0.5, 0.6) is 0 Å². The third-order valence-corrected chi connectivity index (χ3v) is 4.91. The van der Waals surface area contributed by atoms with E-state index < -0.39 is 0 Å². The standard InChI is InChI=1S/C17H26N4O/c1-12-16(13(2)20(3)19-12)6-7-17(22)18-14-8-10-21(11-9-14)15-4-5-15/h6-7,14-15H,4-5,8-11H2,1-3H3,(H,18,22)/b7-6+. The zero-order chi connectivity index (χ0) is 15.7. The summed E-state index contributed by atoms with van der Waals surface area (Å²) in [4.78, 5) is 14.7. The molecule has 0 atom stereocenters. The van der Waals surface area contributed by atoms with Gasteiger partial charge in [-0.3, -0.25) is 9.48 Å². The van der Waals surface area contributed by atoms with Gasteiger partial charge in [0.1, 0.15) is 0 Å². The lowest BCUT2D eigenvalue weighted by molar-refractivity contribution is -0.117. The third kappa shape index (κ3) is 3.40. The second-order valence-electron chi connectivity index (χ2n) is 6.59. The molecule has 1 aromatic heterocycles. The van der Waals surface area contributed by atoms with E-state index in [4.69, 9.17) is 0 Å². The van der Waals surface area contributed by atoms with Crippen molar-refractivity contribution in [3.8, 4) is 0 Å². The average Bonchev–Trinajstić information content (AvgIpc) is 3.29. The molecule has 1 amide bonds. The van der Waals surface area contributed by atoms with Crippen LogP contribution in [0.15, 0.2) is 6.08 Å². The number of aryl methyl sites for hydroxylation is 2. The van der Waals surface area contributed by atoms with Crippen molar-refractivity contribution in [2.45, 2.75) is 51.6 Å². The Morgan fingerprint density at radius 2 is 1.91 bits per heavy atom. The monoisotopic (exact) mass is 302 g/mol. The van der Waals surface area contributed by atoms with E-state index in [1.165, 1.54) is 12.8 Å². The minimum absolute atomic E-state index is 0.00697. The first kappa shape index (κ1) is 15.3. The number of hydrogen-bond donors (Lipinski definition) is 1. The van der Waals surface area contributed by atoms with Crippen LogP contribution in [0.25, 0.3) is 6.08 Å². The maximum Gasteiger partial charge on any atom is 0.244 e. The van der Waals surface area contributed by atoms with E-state index in [0.29, 0.717) is 6.04 Å². The molecule has 3 rings (SSSR count). The maximum atomic E-state index is 12.1. The van der Waals surface area contributed by atoms with Crippen LogP contribution in [0.3, 0.4) is 0 Å². The third-order valence-electron chi connectivity index (χ3n) is 4.91.